The Labute approximate surface area is 87.5 Å². The number of hydrogen-bond acceptors (Lipinski definition) is 2. The Morgan fingerprint density at radius 3 is 2.57 bits per heavy atom. The Bertz CT molecular complexity index is 374. The van der Waals surface area contributed by atoms with E-state index in [1.54, 1.807) is 6.07 Å². The van der Waals surface area contributed by atoms with Crippen molar-refractivity contribution in [3.63, 3.8) is 0 Å². The SMILES string of the molecule is NC(=S)c1ccc(N2CCC2)cc1F. The lowest BCUT2D eigenvalue weighted by molar-refractivity contribution is 0.602. The monoisotopic (exact) mass is 210 g/mol. The number of nitrogens with zero attached hydrogens (tertiary/aromatic N) is 1. The van der Waals surface area contributed by atoms with Crippen molar-refractivity contribution in [3.05, 3.63) is 29.6 Å². The summed E-state index contributed by atoms with van der Waals surface area (Å²) in [5, 5.41) is 0. The number of thiocarbonyl (C=S) groups is 1. The molecule has 1 aliphatic heterocycles. The van der Waals surface area contributed by atoms with E-state index in [-0.39, 0.29) is 10.8 Å². The van der Waals surface area contributed by atoms with Gasteiger partial charge in [0.1, 0.15) is 10.8 Å². The molecule has 0 amide bonds. The Kier molecular flexibility index (Phi) is 2.37. The van der Waals surface area contributed by atoms with Gasteiger partial charge in [0, 0.05) is 24.3 Å². The second kappa shape index (κ2) is 3.53. The molecule has 0 aromatic heterocycles. The van der Waals surface area contributed by atoms with Crippen LogP contribution in [0.3, 0.4) is 0 Å². The first-order valence-corrected chi connectivity index (χ1v) is 4.93. The summed E-state index contributed by atoms with van der Waals surface area (Å²) in [6.45, 7) is 2.01. The number of halogens is 1. The molecule has 0 aliphatic carbocycles. The lowest BCUT2D eigenvalue weighted by Crippen LogP contribution is -2.37. The zero-order chi connectivity index (χ0) is 10.1. The van der Waals surface area contributed by atoms with Crippen LogP contribution >= 0.6 is 12.2 Å². The molecule has 14 heavy (non-hydrogen) atoms. The van der Waals surface area contributed by atoms with Crippen LogP contribution in [0.5, 0.6) is 0 Å². The van der Waals surface area contributed by atoms with Crippen LogP contribution in [-0.2, 0) is 0 Å². The Hall–Kier alpha value is -1.16. The van der Waals surface area contributed by atoms with Gasteiger partial charge in [0.15, 0.2) is 0 Å². The number of hydrogen-bond donors (Lipinski definition) is 1. The molecule has 0 saturated carbocycles. The van der Waals surface area contributed by atoms with Crippen molar-refractivity contribution < 1.29 is 4.39 Å². The minimum atomic E-state index is -0.332. The average Bonchev–Trinajstić information content (AvgIpc) is 2.00. The zero-order valence-corrected chi connectivity index (χ0v) is 8.48. The fourth-order valence-corrected chi connectivity index (χ4v) is 1.64. The molecule has 0 bridgehead atoms. The first-order valence-electron chi connectivity index (χ1n) is 4.53. The number of nitrogens with two attached hydrogens (primary N) is 1. The lowest BCUT2D eigenvalue weighted by atomic mass is 10.1. The molecule has 1 fully saturated rings. The van der Waals surface area contributed by atoms with Crippen LogP contribution in [0.15, 0.2) is 18.2 Å². The van der Waals surface area contributed by atoms with Crippen molar-refractivity contribution >= 4 is 22.9 Å². The maximum Gasteiger partial charge on any atom is 0.135 e. The summed E-state index contributed by atoms with van der Waals surface area (Å²) in [7, 11) is 0. The summed E-state index contributed by atoms with van der Waals surface area (Å²) in [5.74, 6) is -0.332. The van der Waals surface area contributed by atoms with E-state index in [1.807, 2.05) is 6.07 Å². The van der Waals surface area contributed by atoms with Gasteiger partial charge in [-0.25, -0.2) is 4.39 Å². The molecule has 0 unspecified atom stereocenters. The van der Waals surface area contributed by atoms with E-state index in [0.29, 0.717) is 5.56 Å². The maximum atomic E-state index is 13.4. The van der Waals surface area contributed by atoms with E-state index in [1.165, 1.54) is 12.5 Å². The van der Waals surface area contributed by atoms with E-state index in [2.05, 4.69) is 4.90 Å². The minimum absolute atomic E-state index is 0.109. The van der Waals surface area contributed by atoms with Crippen molar-refractivity contribution in [2.75, 3.05) is 18.0 Å². The smallest absolute Gasteiger partial charge is 0.135 e. The molecule has 1 saturated heterocycles. The summed E-state index contributed by atoms with van der Waals surface area (Å²) >= 11 is 4.73. The highest BCUT2D eigenvalue weighted by Gasteiger charge is 2.16. The molecular formula is C10H11FN2S. The van der Waals surface area contributed by atoms with E-state index >= 15 is 0 Å². The van der Waals surface area contributed by atoms with Crippen LogP contribution in [0, 0.1) is 5.82 Å². The topological polar surface area (TPSA) is 29.3 Å². The number of benzene rings is 1. The molecule has 0 radical (unpaired) electrons. The third-order valence-electron chi connectivity index (χ3n) is 2.44. The highest BCUT2D eigenvalue weighted by atomic mass is 32.1. The fourth-order valence-electron chi connectivity index (χ4n) is 1.47. The van der Waals surface area contributed by atoms with E-state index in [9.17, 15) is 4.39 Å². The molecule has 1 heterocycles. The van der Waals surface area contributed by atoms with Gasteiger partial charge in [-0.2, -0.15) is 0 Å². The van der Waals surface area contributed by atoms with Gasteiger partial charge >= 0.3 is 0 Å². The van der Waals surface area contributed by atoms with Crippen LogP contribution in [0.1, 0.15) is 12.0 Å². The molecule has 2 N–H and O–H groups in total. The zero-order valence-electron chi connectivity index (χ0n) is 7.66. The summed E-state index contributed by atoms with van der Waals surface area (Å²) in [5.41, 5.74) is 6.60. The largest absolute Gasteiger partial charge is 0.389 e. The molecule has 0 spiro atoms. The molecule has 1 aliphatic rings. The molecule has 2 nitrogen and oxygen atoms in total. The van der Waals surface area contributed by atoms with Crippen LogP contribution in [0.4, 0.5) is 10.1 Å². The van der Waals surface area contributed by atoms with Gasteiger partial charge in [0.05, 0.1) is 0 Å². The van der Waals surface area contributed by atoms with Crippen LogP contribution in [-0.4, -0.2) is 18.1 Å². The van der Waals surface area contributed by atoms with Gasteiger partial charge in [-0.1, -0.05) is 12.2 Å². The van der Waals surface area contributed by atoms with Crippen molar-refractivity contribution in [1.29, 1.82) is 0 Å². The van der Waals surface area contributed by atoms with Gasteiger partial charge in [0.2, 0.25) is 0 Å². The van der Waals surface area contributed by atoms with Crippen LogP contribution < -0.4 is 10.6 Å². The quantitative estimate of drug-likeness (QED) is 0.753. The van der Waals surface area contributed by atoms with E-state index in [4.69, 9.17) is 18.0 Å². The number of anilines is 1. The molecule has 1 aromatic rings. The molecule has 0 atom stereocenters. The minimum Gasteiger partial charge on any atom is -0.389 e. The molecule has 1 aromatic carbocycles. The third kappa shape index (κ3) is 1.57. The summed E-state index contributed by atoms with van der Waals surface area (Å²) in [4.78, 5) is 2.23. The Balaban J connectivity index is 2.30. The first-order chi connectivity index (χ1) is 6.68. The molecular weight excluding hydrogens is 199 g/mol. The predicted octanol–water partition coefficient (Wildman–Crippen LogP) is 1.67. The summed E-state index contributed by atoms with van der Waals surface area (Å²) < 4.78 is 13.4. The van der Waals surface area contributed by atoms with Gasteiger partial charge in [-0.05, 0) is 24.6 Å². The second-order valence-corrected chi connectivity index (χ2v) is 3.81. The highest BCUT2D eigenvalue weighted by Crippen LogP contribution is 2.22. The van der Waals surface area contributed by atoms with Crippen molar-refractivity contribution in [2.45, 2.75) is 6.42 Å². The van der Waals surface area contributed by atoms with E-state index in [0.717, 1.165) is 18.8 Å². The Morgan fingerprint density at radius 2 is 2.14 bits per heavy atom. The van der Waals surface area contributed by atoms with Crippen molar-refractivity contribution in [1.82, 2.24) is 0 Å². The molecule has 2 rings (SSSR count). The first kappa shape index (κ1) is 9.40. The lowest BCUT2D eigenvalue weighted by Gasteiger charge is -2.33. The summed E-state index contributed by atoms with van der Waals surface area (Å²) in [6, 6.07) is 5.00. The second-order valence-electron chi connectivity index (χ2n) is 3.37. The van der Waals surface area contributed by atoms with Gasteiger partial charge in [-0.15, -0.1) is 0 Å². The van der Waals surface area contributed by atoms with Crippen molar-refractivity contribution in [3.8, 4) is 0 Å². The normalized spacial score (nSPS) is 15.1. The van der Waals surface area contributed by atoms with Crippen LogP contribution in [0.25, 0.3) is 0 Å². The molecule has 4 heteroatoms. The van der Waals surface area contributed by atoms with Gasteiger partial charge < -0.3 is 10.6 Å². The fraction of sp³-hybridized carbons (Fsp3) is 0.300. The van der Waals surface area contributed by atoms with Crippen LogP contribution in [0.2, 0.25) is 0 Å². The summed E-state index contributed by atoms with van der Waals surface area (Å²) in [6.07, 6.45) is 1.18. The molecule has 74 valence electrons. The van der Waals surface area contributed by atoms with Gasteiger partial charge in [0.25, 0.3) is 0 Å². The number of rotatable bonds is 2. The predicted molar refractivity (Wildman–Crippen MR) is 59.1 cm³/mol. The maximum absolute atomic E-state index is 13.4. The third-order valence-corrected chi connectivity index (χ3v) is 2.66. The van der Waals surface area contributed by atoms with Gasteiger partial charge in [-0.3, -0.25) is 0 Å². The van der Waals surface area contributed by atoms with Crippen molar-refractivity contribution in [2.24, 2.45) is 5.73 Å². The standard InChI is InChI=1S/C10H11FN2S/c11-9-6-7(13-4-1-5-13)2-3-8(9)10(12)14/h2-3,6H,1,4-5H2,(H2,12,14). The average molecular weight is 210 g/mol. The Morgan fingerprint density at radius 1 is 1.43 bits per heavy atom. The van der Waals surface area contributed by atoms with E-state index < -0.39 is 0 Å². The highest BCUT2D eigenvalue weighted by molar-refractivity contribution is 7.80.